The van der Waals surface area contributed by atoms with E-state index in [2.05, 4.69) is 55.4 Å². The van der Waals surface area contributed by atoms with Gasteiger partial charge < -0.3 is 43.8 Å². The molecule has 16 rings (SSSR count). The molecule has 0 aromatic heterocycles. The highest BCUT2D eigenvalue weighted by Gasteiger charge is 2.46. The standard InChI is InChI=1S/3C26H45F.C26H46.8H2O.8H2/c1-18-3-7-20(8-4-18)21-11-13-22(14-12-21)24-15-16-25(26(27)17-24)23-9-5-19(2)6-10-23;2*1-18-3-7-20(8-4-18)21-11-13-23(14-12-21)25-16-15-24(17-26(25)27)22-9-5-19(2)6-10-22;1-19-3-7-21(8-4-19)23-11-15-25(16-12-23)26-17-13-24(14-18-26)22-9-5-20(2)6-10-22;;;;;;;;;;;;;;;;/h3*18-26H,3-17H2,1-2H3;19-26H,3-18H2,1-2H3;8*1H2;8*1H. The van der Waals surface area contributed by atoms with Crippen LogP contribution in [0, 0.1) is 189 Å². The van der Waals surface area contributed by atoms with Crippen molar-refractivity contribution in [2.75, 3.05) is 0 Å². The van der Waals surface area contributed by atoms with Crippen LogP contribution in [0.2, 0.25) is 0 Å². The molecule has 16 aliphatic rings. The van der Waals surface area contributed by atoms with E-state index in [1.807, 2.05) is 0 Å². The van der Waals surface area contributed by atoms with Crippen LogP contribution in [0.15, 0.2) is 0 Å². The van der Waals surface area contributed by atoms with Gasteiger partial charge >= 0.3 is 0 Å². The quantitative estimate of drug-likeness (QED) is 0.177. The number of halogens is 3. The van der Waals surface area contributed by atoms with E-state index in [0.717, 1.165) is 155 Å². The maximum atomic E-state index is 15.2. The second-order valence-corrected chi connectivity index (χ2v) is 45.8. The van der Waals surface area contributed by atoms with Gasteiger partial charge in [0.2, 0.25) is 0 Å². The molecule has 8 nitrogen and oxygen atoms in total. The minimum Gasteiger partial charge on any atom is -0.412 e. The zero-order chi connectivity index (χ0) is 74.3. The predicted molar refractivity (Wildman–Crippen MR) is 499 cm³/mol. The van der Waals surface area contributed by atoms with Crippen LogP contribution in [-0.4, -0.2) is 62.3 Å². The Kier molecular flexibility index (Phi) is 47.9. The average Bonchev–Trinajstić information content (AvgIpc) is 0.816. The molecule has 16 saturated carbocycles. The summed E-state index contributed by atoms with van der Waals surface area (Å²) < 4.78 is 45.6. The Bertz CT molecular complexity index is 2320. The Morgan fingerprint density at radius 2 is 0.209 bits per heavy atom. The Morgan fingerprint density at radius 3 is 0.330 bits per heavy atom. The van der Waals surface area contributed by atoms with E-state index in [1.54, 1.807) is 77.0 Å². The first-order valence-electron chi connectivity index (χ1n) is 50.9. The Morgan fingerprint density at radius 1 is 0.122 bits per heavy atom. The molecule has 16 N–H and O–H groups in total. The van der Waals surface area contributed by atoms with Crippen molar-refractivity contribution in [3.8, 4) is 0 Å². The van der Waals surface area contributed by atoms with E-state index >= 15 is 13.2 Å². The monoisotopic (exact) mass is 1650 g/mol. The number of rotatable bonds is 12. The molecule has 11 heteroatoms. The molecular formula is C104H213F3O8. The first kappa shape index (κ1) is 105. The van der Waals surface area contributed by atoms with Gasteiger partial charge in [0.15, 0.2) is 0 Å². The first-order chi connectivity index (χ1) is 52.0. The topological polar surface area (TPSA) is 252 Å². The summed E-state index contributed by atoms with van der Waals surface area (Å²) >= 11 is 0. The van der Waals surface area contributed by atoms with Gasteiger partial charge in [0, 0.05) is 11.4 Å². The smallest absolute Gasteiger partial charge is 0.103 e. The molecule has 0 radical (unpaired) electrons. The largest absolute Gasteiger partial charge is 0.412 e. The lowest BCUT2D eigenvalue weighted by molar-refractivity contribution is 0.0272. The molecule has 9 atom stereocenters. The fraction of sp³-hybridized carbons (Fsp3) is 1.00. The SMILES string of the molecule is CC1CCC(C2CCC(C3CCC(C4CCC(C)CC4)C(F)C3)CC2)CC1.CC1CCC(C2CCC(C3CCC(C4CCC(C)CC4)CC3)CC2)CC1.CC1CCC(C2CCC(C3CCC(C4CCC(C)CC4)CC3F)CC2)CC1.CC1CCC(C2CCC(C3CCC(C4CCC(C)CC4)CC3F)CC2)CC1.O.O.O.O.O.O.O.O.[HH].[HH].[HH].[HH].[HH].[HH].[HH].[HH]. The molecule has 9 unspecified atom stereocenters. The van der Waals surface area contributed by atoms with Crippen molar-refractivity contribution >= 4 is 0 Å². The van der Waals surface area contributed by atoms with Crippen molar-refractivity contribution in [3.63, 3.8) is 0 Å². The van der Waals surface area contributed by atoms with E-state index < -0.39 is 18.5 Å². The molecule has 0 aliphatic heterocycles. The first-order valence-corrected chi connectivity index (χ1v) is 50.9. The lowest BCUT2D eigenvalue weighted by Crippen LogP contribution is -2.37. The summed E-state index contributed by atoms with van der Waals surface area (Å²) in [6, 6.07) is 0. The van der Waals surface area contributed by atoms with Crippen LogP contribution in [0.1, 0.15) is 458 Å². The van der Waals surface area contributed by atoms with Gasteiger partial charge in [-0.1, -0.05) is 158 Å². The zero-order valence-electron chi connectivity index (χ0n) is 76.5. The number of alkyl halides is 3. The lowest BCUT2D eigenvalue weighted by Gasteiger charge is -2.44. The maximum absolute atomic E-state index is 15.2. The molecule has 0 heterocycles. The fourth-order valence-corrected chi connectivity index (χ4v) is 30.8. The molecule has 115 heavy (non-hydrogen) atoms. The molecule has 698 valence electrons. The Labute approximate surface area is 719 Å². The highest BCUT2D eigenvalue weighted by molar-refractivity contribution is 4.97. The van der Waals surface area contributed by atoms with Crippen molar-refractivity contribution in [3.05, 3.63) is 0 Å². The van der Waals surface area contributed by atoms with Gasteiger partial charge in [-0.05, 0) is 478 Å². The summed E-state index contributed by atoms with van der Waals surface area (Å²) in [7, 11) is 0. The summed E-state index contributed by atoms with van der Waals surface area (Å²) in [5.74, 6) is 28.4. The molecule has 0 bridgehead atoms. The average molecular weight is 1650 g/mol. The minimum atomic E-state index is -0.486. The van der Waals surface area contributed by atoms with E-state index in [9.17, 15) is 0 Å². The number of hydrogen-bond acceptors (Lipinski definition) is 0. The molecule has 0 aromatic carbocycles. The second kappa shape index (κ2) is 52.4. The fourth-order valence-electron chi connectivity index (χ4n) is 30.8. The third-order valence-corrected chi connectivity index (χ3v) is 39.0. The molecular weight excluding hydrogens is 1430 g/mol. The van der Waals surface area contributed by atoms with Gasteiger partial charge in [-0.25, -0.2) is 13.2 Å². The summed E-state index contributed by atoms with van der Waals surface area (Å²) in [6.07, 6.45) is 84.8. The van der Waals surface area contributed by atoms with E-state index in [1.165, 1.54) is 295 Å². The van der Waals surface area contributed by atoms with Crippen LogP contribution < -0.4 is 0 Å². The molecule has 0 aromatic rings. The number of hydrogen-bond donors (Lipinski definition) is 0. The van der Waals surface area contributed by atoms with E-state index in [0.29, 0.717) is 53.3 Å². The van der Waals surface area contributed by atoms with Gasteiger partial charge in [-0.3, -0.25) is 0 Å². The third-order valence-electron chi connectivity index (χ3n) is 39.0. The summed E-state index contributed by atoms with van der Waals surface area (Å²) in [5.41, 5.74) is 0. The van der Waals surface area contributed by atoms with Crippen LogP contribution in [0.5, 0.6) is 0 Å². The van der Waals surface area contributed by atoms with Gasteiger partial charge in [0.25, 0.3) is 0 Å². The van der Waals surface area contributed by atoms with Crippen molar-refractivity contribution in [1.82, 2.24) is 0 Å². The van der Waals surface area contributed by atoms with Crippen molar-refractivity contribution in [1.29, 1.82) is 0 Å². The van der Waals surface area contributed by atoms with Crippen molar-refractivity contribution in [2.45, 2.75) is 466 Å². The normalized spacial score (nSPS) is 45.9. The van der Waals surface area contributed by atoms with Crippen LogP contribution in [0.3, 0.4) is 0 Å². The molecule has 0 amide bonds. The summed E-state index contributed by atoms with van der Waals surface area (Å²) in [6.45, 7) is 19.4. The van der Waals surface area contributed by atoms with Crippen molar-refractivity contribution in [2.24, 2.45) is 189 Å². The van der Waals surface area contributed by atoms with E-state index in [-0.39, 0.29) is 55.2 Å². The second-order valence-electron chi connectivity index (χ2n) is 45.8. The third kappa shape index (κ3) is 30.1. The van der Waals surface area contributed by atoms with Crippen LogP contribution in [0.4, 0.5) is 13.2 Å². The van der Waals surface area contributed by atoms with E-state index in [4.69, 9.17) is 0 Å². The summed E-state index contributed by atoms with van der Waals surface area (Å²) in [5, 5.41) is 0. The zero-order valence-corrected chi connectivity index (χ0v) is 76.5. The molecule has 16 fully saturated rings. The van der Waals surface area contributed by atoms with Gasteiger partial charge in [-0.15, -0.1) is 0 Å². The van der Waals surface area contributed by atoms with Crippen LogP contribution >= 0.6 is 0 Å². The molecule has 0 saturated heterocycles. The Hall–Kier alpha value is -0.530. The molecule has 0 spiro atoms. The lowest BCUT2D eigenvalue weighted by atomic mass is 9.62. The highest BCUT2D eigenvalue weighted by Crippen LogP contribution is 2.55. The van der Waals surface area contributed by atoms with Gasteiger partial charge in [0.1, 0.15) is 18.5 Å². The molecule has 16 aliphatic carbocycles. The highest BCUT2D eigenvalue weighted by atomic mass is 19.1. The van der Waals surface area contributed by atoms with Crippen molar-refractivity contribution < 1.29 is 68.4 Å². The minimum absolute atomic E-state index is 0. The summed E-state index contributed by atoms with van der Waals surface area (Å²) in [4.78, 5) is 0. The predicted octanol–water partition coefficient (Wildman–Crippen LogP) is 28.2. The van der Waals surface area contributed by atoms with Crippen LogP contribution in [-0.2, 0) is 0 Å². The van der Waals surface area contributed by atoms with Gasteiger partial charge in [0.05, 0.1) is 0 Å². The van der Waals surface area contributed by atoms with Gasteiger partial charge in [-0.2, -0.15) is 0 Å². The van der Waals surface area contributed by atoms with Crippen LogP contribution in [0.25, 0.3) is 0 Å². The maximum Gasteiger partial charge on any atom is 0.103 e. The Balaban J connectivity index is -0.000000736.